The summed E-state index contributed by atoms with van der Waals surface area (Å²) in [5.74, 6) is -0.284. The van der Waals surface area contributed by atoms with E-state index in [0.29, 0.717) is 28.1 Å². The van der Waals surface area contributed by atoms with Crippen LogP contribution in [-0.2, 0) is 9.59 Å². The Hall–Kier alpha value is -4.59. The first-order chi connectivity index (χ1) is 18.6. The normalized spacial score (nSPS) is 16.9. The second-order valence-corrected chi connectivity index (χ2v) is 10.1. The Morgan fingerprint density at radius 1 is 1.00 bits per heavy atom. The highest BCUT2D eigenvalue weighted by Gasteiger charge is 2.48. The minimum atomic E-state index is -0.938. The number of carbonyl (C=O) groups is 2. The minimum absolute atomic E-state index is 0.0269. The van der Waals surface area contributed by atoms with Gasteiger partial charge in [-0.2, -0.15) is 0 Å². The number of carbonyl (C=O) groups excluding carboxylic acids is 2. The fourth-order valence-electron chi connectivity index (χ4n) is 5.04. The van der Waals surface area contributed by atoms with Gasteiger partial charge in [0.2, 0.25) is 5.95 Å². The van der Waals surface area contributed by atoms with Gasteiger partial charge in [-0.05, 0) is 84.5 Å². The van der Waals surface area contributed by atoms with Crippen molar-refractivity contribution in [2.45, 2.75) is 39.7 Å². The molecule has 8 heteroatoms. The molecule has 0 radical (unpaired) electrons. The maximum absolute atomic E-state index is 13.6. The molecule has 1 aromatic heterocycles. The quantitative estimate of drug-likeness (QED) is 0.183. The standard InChI is InChI=1S/C31H31N3O5/c1-16(2)22-15-20(10-11-25(22)39-6)28(35)26-27(19-8-7-9-21(14-19)38-5)34(30(37)29(26)36)31-32-23-12-17(3)18(4)13-24(23)33-31/h7-16,27,35H,1-6H3,(H,32,33)/b28-26+. The number of aryl methyl sites for hydroxylation is 2. The number of aromatic amines is 1. The zero-order valence-corrected chi connectivity index (χ0v) is 22.8. The third-order valence-electron chi connectivity index (χ3n) is 7.29. The maximum atomic E-state index is 13.6. The summed E-state index contributed by atoms with van der Waals surface area (Å²) in [6, 6.07) is 15.3. The lowest BCUT2D eigenvalue weighted by Gasteiger charge is -2.23. The van der Waals surface area contributed by atoms with Gasteiger partial charge in [-0.3, -0.25) is 14.5 Å². The van der Waals surface area contributed by atoms with Crippen molar-refractivity contribution in [2.75, 3.05) is 19.1 Å². The molecule has 39 heavy (non-hydrogen) atoms. The van der Waals surface area contributed by atoms with E-state index in [1.807, 2.05) is 39.8 Å². The van der Waals surface area contributed by atoms with Gasteiger partial charge in [0, 0.05) is 5.56 Å². The van der Waals surface area contributed by atoms with E-state index in [-0.39, 0.29) is 23.2 Å². The van der Waals surface area contributed by atoms with Crippen LogP contribution in [0.15, 0.2) is 60.2 Å². The number of imidazole rings is 1. The molecule has 5 rings (SSSR count). The first-order valence-electron chi connectivity index (χ1n) is 12.7. The summed E-state index contributed by atoms with van der Waals surface area (Å²) in [6.07, 6.45) is 0. The average Bonchev–Trinajstić information content (AvgIpc) is 3.45. The molecule has 0 saturated carbocycles. The predicted molar refractivity (Wildman–Crippen MR) is 150 cm³/mol. The van der Waals surface area contributed by atoms with Crippen LogP contribution in [0.5, 0.6) is 11.5 Å². The van der Waals surface area contributed by atoms with E-state index in [2.05, 4.69) is 9.97 Å². The van der Waals surface area contributed by atoms with Crippen molar-refractivity contribution in [1.82, 2.24) is 9.97 Å². The summed E-state index contributed by atoms with van der Waals surface area (Å²) in [5.41, 5.74) is 5.42. The number of Topliss-reactive ketones (excluding diaryl/α,β-unsaturated/α-hetero) is 1. The topological polar surface area (TPSA) is 105 Å². The molecule has 0 bridgehead atoms. The minimum Gasteiger partial charge on any atom is -0.507 e. The zero-order valence-electron chi connectivity index (χ0n) is 22.8. The first-order valence-corrected chi connectivity index (χ1v) is 12.7. The van der Waals surface area contributed by atoms with Crippen molar-refractivity contribution in [1.29, 1.82) is 0 Å². The molecule has 1 unspecified atom stereocenters. The molecule has 1 aliphatic rings. The Morgan fingerprint density at radius 2 is 1.74 bits per heavy atom. The Kier molecular flexibility index (Phi) is 6.64. The Balaban J connectivity index is 1.74. The third-order valence-corrected chi connectivity index (χ3v) is 7.29. The number of anilines is 1. The van der Waals surface area contributed by atoms with Crippen molar-refractivity contribution >= 4 is 34.4 Å². The molecule has 2 N–H and O–H groups in total. The third kappa shape index (κ3) is 4.41. The van der Waals surface area contributed by atoms with Crippen LogP contribution < -0.4 is 14.4 Å². The second-order valence-electron chi connectivity index (χ2n) is 10.1. The number of methoxy groups -OCH3 is 2. The van der Waals surface area contributed by atoms with E-state index >= 15 is 0 Å². The number of hydrogen-bond donors (Lipinski definition) is 2. The van der Waals surface area contributed by atoms with E-state index in [0.717, 1.165) is 22.2 Å². The van der Waals surface area contributed by atoms with Gasteiger partial charge in [0.15, 0.2) is 0 Å². The summed E-state index contributed by atoms with van der Waals surface area (Å²) in [7, 11) is 3.14. The van der Waals surface area contributed by atoms with Crippen LogP contribution in [0.1, 0.15) is 53.6 Å². The fourth-order valence-corrected chi connectivity index (χ4v) is 5.04. The summed E-state index contributed by atoms with van der Waals surface area (Å²) in [4.78, 5) is 36.4. The molecule has 3 aromatic carbocycles. The van der Waals surface area contributed by atoms with Gasteiger partial charge >= 0.3 is 5.91 Å². The number of H-pyrrole nitrogens is 1. The molecule has 0 aliphatic carbocycles. The molecule has 1 saturated heterocycles. The monoisotopic (exact) mass is 525 g/mol. The molecule has 2 heterocycles. The number of amides is 1. The first kappa shape index (κ1) is 26.0. The summed E-state index contributed by atoms with van der Waals surface area (Å²) in [5, 5.41) is 11.6. The largest absolute Gasteiger partial charge is 0.507 e. The summed E-state index contributed by atoms with van der Waals surface area (Å²) < 4.78 is 10.9. The molecule has 200 valence electrons. The predicted octanol–water partition coefficient (Wildman–Crippen LogP) is 5.95. The van der Waals surface area contributed by atoms with Crippen molar-refractivity contribution < 1.29 is 24.2 Å². The smallest absolute Gasteiger partial charge is 0.302 e. The van der Waals surface area contributed by atoms with E-state index in [1.165, 1.54) is 4.90 Å². The molecule has 8 nitrogen and oxygen atoms in total. The molecule has 4 aromatic rings. The van der Waals surface area contributed by atoms with E-state index < -0.39 is 17.7 Å². The van der Waals surface area contributed by atoms with E-state index in [9.17, 15) is 14.7 Å². The number of hydrogen-bond acceptors (Lipinski definition) is 6. The summed E-state index contributed by atoms with van der Waals surface area (Å²) >= 11 is 0. The number of ether oxygens (including phenoxy) is 2. The summed E-state index contributed by atoms with van der Waals surface area (Å²) in [6.45, 7) is 8.02. The highest BCUT2D eigenvalue weighted by atomic mass is 16.5. The molecular weight excluding hydrogens is 494 g/mol. The fraction of sp³-hybridized carbons (Fsp3) is 0.258. The number of fused-ring (bicyclic) bond motifs is 1. The van der Waals surface area contributed by atoms with Crippen LogP contribution in [-0.4, -0.2) is 41.0 Å². The van der Waals surface area contributed by atoms with E-state index in [1.54, 1.807) is 56.7 Å². The van der Waals surface area contributed by atoms with Gasteiger partial charge in [0.25, 0.3) is 5.78 Å². The van der Waals surface area contributed by atoms with Gasteiger partial charge in [0.1, 0.15) is 17.3 Å². The lowest BCUT2D eigenvalue weighted by Crippen LogP contribution is -2.30. The lowest BCUT2D eigenvalue weighted by molar-refractivity contribution is -0.132. The zero-order chi connectivity index (χ0) is 28.0. The van der Waals surface area contributed by atoms with E-state index in [4.69, 9.17) is 9.47 Å². The van der Waals surface area contributed by atoms with Gasteiger partial charge in [-0.25, -0.2) is 4.98 Å². The Labute approximate surface area is 226 Å². The van der Waals surface area contributed by atoms with Gasteiger partial charge in [-0.1, -0.05) is 26.0 Å². The van der Waals surface area contributed by atoms with Crippen LogP contribution >= 0.6 is 0 Å². The highest BCUT2D eigenvalue weighted by molar-refractivity contribution is 6.51. The van der Waals surface area contributed by atoms with Crippen molar-refractivity contribution in [3.63, 3.8) is 0 Å². The molecule has 1 aliphatic heterocycles. The van der Waals surface area contributed by atoms with Crippen LogP contribution in [0.2, 0.25) is 0 Å². The van der Waals surface area contributed by atoms with Gasteiger partial charge < -0.3 is 19.6 Å². The maximum Gasteiger partial charge on any atom is 0.302 e. The Morgan fingerprint density at radius 3 is 2.44 bits per heavy atom. The van der Waals surface area contributed by atoms with Crippen LogP contribution in [0, 0.1) is 13.8 Å². The van der Waals surface area contributed by atoms with Gasteiger partial charge in [0.05, 0.1) is 36.9 Å². The number of benzene rings is 3. The van der Waals surface area contributed by atoms with Crippen LogP contribution in [0.25, 0.3) is 16.8 Å². The lowest BCUT2D eigenvalue weighted by atomic mass is 9.93. The number of aliphatic hydroxyl groups excluding tert-OH is 1. The number of ketones is 1. The highest BCUT2D eigenvalue weighted by Crippen LogP contribution is 2.43. The van der Waals surface area contributed by atoms with Gasteiger partial charge in [-0.15, -0.1) is 0 Å². The van der Waals surface area contributed by atoms with Crippen LogP contribution in [0.4, 0.5) is 5.95 Å². The Bertz CT molecular complexity index is 1610. The average molecular weight is 526 g/mol. The SMILES string of the molecule is COc1cccc(C2/C(=C(\O)c3ccc(OC)c(C(C)C)c3)C(=O)C(=O)N2c2nc3cc(C)c(C)cc3[nH]2)c1. The molecule has 0 spiro atoms. The number of aliphatic hydroxyl groups is 1. The van der Waals surface area contributed by atoms with Crippen molar-refractivity contribution in [3.05, 3.63) is 88.0 Å². The molecule has 1 amide bonds. The van der Waals surface area contributed by atoms with Crippen molar-refractivity contribution in [2.24, 2.45) is 0 Å². The number of rotatable bonds is 6. The molecular formula is C31H31N3O5. The second kappa shape index (κ2) is 9.94. The number of nitrogens with zero attached hydrogens (tertiary/aromatic N) is 2. The van der Waals surface area contributed by atoms with Crippen LogP contribution in [0.3, 0.4) is 0 Å². The number of nitrogens with one attached hydrogen (secondary N) is 1. The molecule has 1 atom stereocenters. The number of aromatic nitrogens is 2. The molecule has 1 fully saturated rings. The van der Waals surface area contributed by atoms with Crippen molar-refractivity contribution in [3.8, 4) is 11.5 Å².